The quantitative estimate of drug-likeness (QED) is 0.572. The van der Waals surface area contributed by atoms with E-state index in [-0.39, 0.29) is 0 Å². The second-order valence-electron chi connectivity index (χ2n) is 5.19. The minimum atomic E-state index is 0.837. The molecule has 23 heavy (non-hydrogen) atoms. The zero-order valence-corrected chi connectivity index (χ0v) is 12.7. The Morgan fingerprint density at radius 1 is 0.870 bits per heavy atom. The topological polar surface area (TPSA) is 39.9 Å². The summed E-state index contributed by atoms with van der Waals surface area (Å²) in [6.45, 7) is 0. The maximum Gasteiger partial charge on any atom is 0.145 e. The summed E-state index contributed by atoms with van der Waals surface area (Å²) in [5.74, 6) is 1.74. The summed E-state index contributed by atoms with van der Waals surface area (Å²) in [6.07, 6.45) is 3.57. The summed E-state index contributed by atoms with van der Waals surface area (Å²) in [4.78, 5) is 8.90. The van der Waals surface area contributed by atoms with Gasteiger partial charge in [0.05, 0.1) is 18.1 Å². The number of rotatable bonds is 3. The lowest BCUT2D eigenvalue weighted by Gasteiger charge is -2.10. The molecule has 0 saturated heterocycles. The van der Waals surface area contributed by atoms with Crippen molar-refractivity contribution < 1.29 is 4.74 Å². The van der Waals surface area contributed by atoms with Gasteiger partial charge in [-0.15, -0.1) is 0 Å². The third-order valence-electron chi connectivity index (χ3n) is 3.83. The van der Waals surface area contributed by atoms with E-state index in [0.29, 0.717) is 0 Å². The van der Waals surface area contributed by atoms with Crippen molar-refractivity contribution in [3.63, 3.8) is 0 Å². The molecular formula is C19H15N3O. The molecule has 0 aliphatic carbocycles. The van der Waals surface area contributed by atoms with E-state index in [0.717, 1.165) is 33.9 Å². The molecule has 4 heteroatoms. The average Bonchev–Trinajstić information content (AvgIpc) is 3.02. The van der Waals surface area contributed by atoms with Crippen LogP contribution in [0.1, 0.15) is 0 Å². The Balaban J connectivity index is 1.99. The first-order valence-electron chi connectivity index (χ1n) is 7.39. The molecule has 0 saturated carbocycles. The van der Waals surface area contributed by atoms with Gasteiger partial charge in [0.2, 0.25) is 0 Å². The molecule has 0 radical (unpaired) electrons. The van der Waals surface area contributed by atoms with Crippen molar-refractivity contribution in [1.29, 1.82) is 0 Å². The van der Waals surface area contributed by atoms with Gasteiger partial charge in [-0.2, -0.15) is 0 Å². The number of nitrogens with zero attached hydrogens (tertiary/aromatic N) is 3. The predicted molar refractivity (Wildman–Crippen MR) is 90.9 cm³/mol. The normalized spacial score (nSPS) is 10.8. The number of para-hydroxylation sites is 2. The summed E-state index contributed by atoms with van der Waals surface area (Å²) in [7, 11) is 1.67. The summed E-state index contributed by atoms with van der Waals surface area (Å²) < 4.78 is 7.41. The minimum Gasteiger partial charge on any atom is -0.497 e. The van der Waals surface area contributed by atoms with Crippen molar-refractivity contribution in [3.8, 4) is 22.8 Å². The fraction of sp³-hybridized carbons (Fsp3) is 0.0526. The number of hydrogen-bond acceptors (Lipinski definition) is 3. The van der Waals surface area contributed by atoms with Crippen LogP contribution in [0.15, 0.2) is 73.1 Å². The SMILES string of the molecule is COc1ccc(-n2c(-c3ccncc3)nc3ccccc32)cc1. The first kappa shape index (κ1) is 13.5. The van der Waals surface area contributed by atoms with Gasteiger partial charge in [0.1, 0.15) is 11.6 Å². The number of methoxy groups -OCH3 is 1. The molecule has 0 atom stereocenters. The van der Waals surface area contributed by atoms with Crippen LogP contribution in [0.2, 0.25) is 0 Å². The molecule has 0 spiro atoms. The van der Waals surface area contributed by atoms with E-state index in [1.165, 1.54) is 0 Å². The van der Waals surface area contributed by atoms with E-state index >= 15 is 0 Å². The van der Waals surface area contributed by atoms with Crippen LogP contribution in [-0.4, -0.2) is 21.6 Å². The lowest BCUT2D eigenvalue weighted by molar-refractivity contribution is 0.415. The first-order valence-corrected chi connectivity index (χ1v) is 7.39. The Morgan fingerprint density at radius 3 is 2.35 bits per heavy atom. The second kappa shape index (κ2) is 5.57. The Morgan fingerprint density at radius 2 is 1.61 bits per heavy atom. The van der Waals surface area contributed by atoms with Crippen LogP contribution in [0.5, 0.6) is 5.75 Å². The molecule has 2 heterocycles. The van der Waals surface area contributed by atoms with Crippen molar-refractivity contribution in [1.82, 2.24) is 14.5 Å². The van der Waals surface area contributed by atoms with Crippen LogP contribution in [-0.2, 0) is 0 Å². The van der Waals surface area contributed by atoms with E-state index in [2.05, 4.69) is 15.6 Å². The number of benzene rings is 2. The average molecular weight is 301 g/mol. The molecule has 0 fully saturated rings. The van der Waals surface area contributed by atoms with Gasteiger partial charge < -0.3 is 4.74 Å². The molecule has 2 aromatic carbocycles. The van der Waals surface area contributed by atoms with E-state index in [1.807, 2.05) is 54.6 Å². The number of pyridine rings is 1. The summed E-state index contributed by atoms with van der Waals surface area (Å²) in [5.41, 5.74) is 4.12. The van der Waals surface area contributed by atoms with Crippen LogP contribution in [0.3, 0.4) is 0 Å². The van der Waals surface area contributed by atoms with Crippen LogP contribution in [0, 0.1) is 0 Å². The van der Waals surface area contributed by atoms with Crippen molar-refractivity contribution in [2.45, 2.75) is 0 Å². The van der Waals surface area contributed by atoms with E-state index in [9.17, 15) is 0 Å². The van der Waals surface area contributed by atoms with Crippen LogP contribution >= 0.6 is 0 Å². The number of aromatic nitrogens is 3. The lowest BCUT2D eigenvalue weighted by atomic mass is 10.2. The molecule has 4 nitrogen and oxygen atoms in total. The fourth-order valence-corrected chi connectivity index (χ4v) is 2.71. The van der Waals surface area contributed by atoms with E-state index < -0.39 is 0 Å². The Bertz CT molecular complexity index is 943. The lowest BCUT2D eigenvalue weighted by Crippen LogP contribution is -1.97. The van der Waals surface area contributed by atoms with E-state index in [4.69, 9.17) is 9.72 Å². The molecule has 0 unspecified atom stereocenters. The smallest absolute Gasteiger partial charge is 0.145 e. The van der Waals surface area contributed by atoms with Gasteiger partial charge in [-0.05, 0) is 48.5 Å². The highest BCUT2D eigenvalue weighted by molar-refractivity contribution is 5.83. The van der Waals surface area contributed by atoms with E-state index in [1.54, 1.807) is 19.5 Å². The summed E-state index contributed by atoms with van der Waals surface area (Å²) in [6, 6.07) is 20.1. The Labute approximate surface area is 134 Å². The Kier molecular flexibility index (Phi) is 3.27. The van der Waals surface area contributed by atoms with Gasteiger partial charge in [0.25, 0.3) is 0 Å². The van der Waals surface area contributed by atoms with Gasteiger partial charge in [-0.3, -0.25) is 9.55 Å². The second-order valence-corrected chi connectivity index (χ2v) is 5.19. The molecule has 0 N–H and O–H groups in total. The molecule has 4 rings (SSSR count). The highest BCUT2D eigenvalue weighted by Gasteiger charge is 2.13. The highest BCUT2D eigenvalue weighted by atomic mass is 16.5. The molecule has 112 valence electrons. The number of fused-ring (bicyclic) bond motifs is 1. The maximum absolute atomic E-state index is 5.26. The molecule has 0 aliphatic heterocycles. The maximum atomic E-state index is 5.26. The monoisotopic (exact) mass is 301 g/mol. The van der Waals surface area contributed by atoms with Gasteiger partial charge in [-0.1, -0.05) is 12.1 Å². The van der Waals surface area contributed by atoms with Gasteiger partial charge in [0, 0.05) is 23.6 Å². The number of hydrogen-bond donors (Lipinski definition) is 0. The molecule has 0 aliphatic rings. The van der Waals surface area contributed by atoms with Crippen LogP contribution in [0.4, 0.5) is 0 Å². The number of imidazole rings is 1. The van der Waals surface area contributed by atoms with Crippen LogP contribution < -0.4 is 4.74 Å². The zero-order chi connectivity index (χ0) is 15.6. The van der Waals surface area contributed by atoms with Crippen molar-refractivity contribution >= 4 is 11.0 Å². The van der Waals surface area contributed by atoms with Crippen molar-refractivity contribution in [3.05, 3.63) is 73.1 Å². The molecule has 0 bridgehead atoms. The van der Waals surface area contributed by atoms with Gasteiger partial charge in [-0.25, -0.2) is 4.98 Å². The zero-order valence-electron chi connectivity index (χ0n) is 12.7. The van der Waals surface area contributed by atoms with Crippen LogP contribution in [0.25, 0.3) is 28.1 Å². The summed E-state index contributed by atoms with van der Waals surface area (Å²) >= 11 is 0. The molecule has 2 aromatic heterocycles. The van der Waals surface area contributed by atoms with Crippen molar-refractivity contribution in [2.24, 2.45) is 0 Å². The Hall–Kier alpha value is -3.14. The predicted octanol–water partition coefficient (Wildman–Crippen LogP) is 4.10. The molecule has 4 aromatic rings. The largest absolute Gasteiger partial charge is 0.497 e. The van der Waals surface area contributed by atoms with Gasteiger partial charge >= 0.3 is 0 Å². The third-order valence-corrected chi connectivity index (χ3v) is 3.83. The third kappa shape index (κ3) is 2.34. The fourth-order valence-electron chi connectivity index (χ4n) is 2.71. The minimum absolute atomic E-state index is 0.837. The highest BCUT2D eigenvalue weighted by Crippen LogP contribution is 2.28. The summed E-state index contributed by atoms with van der Waals surface area (Å²) in [5, 5.41) is 0. The van der Waals surface area contributed by atoms with Crippen molar-refractivity contribution in [2.75, 3.05) is 7.11 Å². The molecular weight excluding hydrogens is 286 g/mol. The molecule has 0 amide bonds. The number of ether oxygens (including phenoxy) is 1. The standard InChI is InChI=1S/C19H15N3O/c1-23-16-8-6-15(7-9-16)22-18-5-3-2-4-17(18)21-19(22)14-10-12-20-13-11-14/h2-13H,1H3. The first-order chi connectivity index (χ1) is 11.4. The van der Waals surface area contributed by atoms with Gasteiger partial charge in [0.15, 0.2) is 0 Å².